The number of aromatic amines is 1. The van der Waals surface area contributed by atoms with Gasteiger partial charge in [0.15, 0.2) is 0 Å². The molecule has 0 unspecified atom stereocenters. The quantitative estimate of drug-likeness (QED) is 0.499. The van der Waals surface area contributed by atoms with Gasteiger partial charge in [-0.3, -0.25) is 19.3 Å². The molecule has 0 atom stereocenters. The number of rotatable bonds is 3. The number of nitrogens with zero attached hydrogens (tertiary/aromatic N) is 4. The highest BCUT2D eigenvalue weighted by Crippen LogP contribution is 2.27. The van der Waals surface area contributed by atoms with E-state index in [0.29, 0.717) is 33.5 Å². The van der Waals surface area contributed by atoms with Crippen LogP contribution in [0.15, 0.2) is 46.2 Å². The fourth-order valence-corrected chi connectivity index (χ4v) is 4.02. The standard InChI is InChI=1S/C21H20N6O3/c1-30-17-5-2-12(10-24-17)15-3-4-16-18(25-15)19-14(11-23-16)20(28)26-21(29)27(19)13-6-8-22-9-7-13/h2-5,10-11,13,22H,6-9H2,1H3,(H,26,28,29). The summed E-state index contributed by atoms with van der Waals surface area (Å²) in [7, 11) is 1.56. The van der Waals surface area contributed by atoms with E-state index in [1.807, 2.05) is 18.2 Å². The molecule has 4 aromatic heterocycles. The largest absolute Gasteiger partial charge is 0.481 e. The molecule has 0 amide bonds. The van der Waals surface area contributed by atoms with Gasteiger partial charge in [-0.05, 0) is 44.1 Å². The van der Waals surface area contributed by atoms with E-state index >= 15 is 0 Å². The Morgan fingerprint density at radius 1 is 1.07 bits per heavy atom. The van der Waals surface area contributed by atoms with Crippen molar-refractivity contribution in [1.82, 2.24) is 29.8 Å². The molecule has 0 saturated carbocycles. The number of methoxy groups -OCH3 is 1. The molecule has 0 spiro atoms. The van der Waals surface area contributed by atoms with Crippen LogP contribution in [-0.2, 0) is 0 Å². The Hall–Kier alpha value is -3.59. The molecule has 0 aliphatic carbocycles. The summed E-state index contributed by atoms with van der Waals surface area (Å²) in [5.74, 6) is 0.512. The van der Waals surface area contributed by atoms with Crippen molar-refractivity contribution in [2.45, 2.75) is 18.9 Å². The van der Waals surface area contributed by atoms with Gasteiger partial charge < -0.3 is 10.1 Å². The molecule has 1 fully saturated rings. The third-order valence-electron chi connectivity index (χ3n) is 5.53. The molecule has 1 saturated heterocycles. The Morgan fingerprint density at radius 2 is 1.90 bits per heavy atom. The third kappa shape index (κ3) is 3.03. The van der Waals surface area contributed by atoms with Crippen molar-refractivity contribution in [2.24, 2.45) is 0 Å². The number of nitrogens with one attached hydrogen (secondary N) is 2. The van der Waals surface area contributed by atoms with Crippen LogP contribution in [0.4, 0.5) is 0 Å². The first kappa shape index (κ1) is 18.4. The van der Waals surface area contributed by atoms with Crippen molar-refractivity contribution in [1.29, 1.82) is 0 Å². The van der Waals surface area contributed by atoms with Crippen LogP contribution in [0.2, 0.25) is 0 Å². The van der Waals surface area contributed by atoms with E-state index in [-0.39, 0.29) is 6.04 Å². The van der Waals surface area contributed by atoms with Gasteiger partial charge in [0.05, 0.1) is 29.2 Å². The van der Waals surface area contributed by atoms with Crippen LogP contribution in [0.1, 0.15) is 18.9 Å². The molecule has 1 aliphatic heterocycles. The highest BCUT2D eigenvalue weighted by Gasteiger charge is 2.22. The lowest BCUT2D eigenvalue weighted by atomic mass is 10.1. The second-order valence-electron chi connectivity index (χ2n) is 7.28. The van der Waals surface area contributed by atoms with E-state index in [9.17, 15) is 9.59 Å². The topological polar surface area (TPSA) is 115 Å². The van der Waals surface area contributed by atoms with Crippen LogP contribution >= 0.6 is 0 Å². The Balaban J connectivity index is 1.80. The fraction of sp³-hybridized carbons (Fsp3) is 0.286. The van der Waals surface area contributed by atoms with Crippen LogP contribution in [0, 0.1) is 0 Å². The summed E-state index contributed by atoms with van der Waals surface area (Å²) in [4.78, 5) is 41.2. The van der Waals surface area contributed by atoms with Gasteiger partial charge >= 0.3 is 5.69 Å². The zero-order valence-electron chi connectivity index (χ0n) is 16.4. The second kappa shape index (κ2) is 7.34. The molecule has 0 radical (unpaired) electrons. The summed E-state index contributed by atoms with van der Waals surface area (Å²) in [5, 5.41) is 3.67. The smallest absolute Gasteiger partial charge is 0.329 e. The minimum atomic E-state index is -0.451. The van der Waals surface area contributed by atoms with Crippen LogP contribution in [0.25, 0.3) is 33.2 Å². The van der Waals surface area contributed by atoms with Gasteiger partial charge in [0.1, 0.15) is 5.52 Å². The number of H-pyrrole nitrogens is 1. The van der Waals surface area contributed by atoms with E-state index in [2.05, 4.69) is 20.3 Å². The van der Waals surface area contributed by atoms with Crippen LogP contribution < -0.4 is 21.3 Å². The van der Waals surface area contributed by atoms with E-state index in [0.717, 1.165) is 31.5 Å². The number of pyridine rings is 3. The van der Waals surface area contributed by atoms with Gasteiger partial charge in [-0.2, -0.15) is 0 Å². The maximum atomic E-state index is 12.8. The van der Waals surface area contributed by atoms with Crippen molar-refractivity contribution in [2.75, 3.05) is 20.2 Å². The van der Waals surface area contributed by atoms with Gasteiger partial charge in [0, 0.05) is 30.1 Å². The number of piperidine rings is 1. The minimum absolute atomic E-state index is 0.0168. The number of ether oxygens (including phenoxy) is 1. The lowest BCUT2D eigenvalue weighted by Gasteiger charge is -2.26. The predicted molar refractivity (Wildman–Crippen MR) is 113 cm³/mol. The van der Waals surface area contributed by atoms with Crippen LogP contribution in [0.3, 0.4) is 0 Å². The van der Waals surface area contributed by atoms with Crippen molar-refractivity contribution >= 4 is 21.9 Å². The summed E-state index contributed by atoms with van der Waals surface area (Å²) in [5.41, 5.74) is 2.30. The summed E-state index contributed by atoms with van der Waals surface area (Å²) in [6.07, 6.45) is 4.79. The molecular weight excluding hydrogens is 384 g/mol. The average molecular weight is 404 g/mol. The first-order valence-electron chi connectivity index (χ1n) is 9.81. The highest BCUT2D eigenvalue weighted by atomic mass is 16.5. The molecule has 9 heteroatoms. The van der Waals surface area contributed by atoms with Crippen molar-refractivity contribution in [3.63, 3.8) is 0 Å². The maximum absolute atomic E-state index is 12.8. The fourth-order valence-electron chi connectivity index (χ4n) is 4.02. The first-order chi connectivity index (χ1) is 14.7. The van der Waals surface area contributed by atoms with Crippen molar-refractivity contribution in [3.8, 4) is 17.1 Å². The normalized spacial score (nSPS) is 15.0. The van der Waals surface area contributed by atoms with E-state index in [4.69, 9.17) is 9.72 Å². The predicted octanol–water partition coefficient (Wildman–Crippen LogP) is 1.63. The second-order valence-corrected chi connectivity index (χ2v) is 7.28. The molecule has 30 heavy (non-hydrogen) atoms. The van der Waals surface area contributed by atoms with E-state index < -0.39 is 11.2 Å². The molecule has 0 aromatic carbocycles. The number of fused-ring (bicyclic) bond motifs is 3. The first-order valence-corrected chi connectivity index (χ1v) is 9.81. The summed E-state index contributed by atoms with van der Waals surface area (Å²) in [6.45, 7) is 1.63. The zero-order valence-corrected chi connectivity index (χ0v) is 16.4. The van der Waals surface area contributed by atoms with Gasteiger partial charge in [-0.1, -0.05) is 0 Å². The van der Waals surface area contributed by atoms with Crippen LogP contribution in [-0.4, -0.2) is 44.7 Å². The van der Waals surface area contributed by atoms with Crippen molar-refractivity contribution in [3.05, 3.63) is 57.5 Å². The van der Waals surface area contributed by atoms with Gasteiger partial charge in [-0.25, -0.2) is 14.8 Å². The van der Waals surface area contributed by atoms with Gasteiger partial charge in [0.25, 0.3) is 5.56 Å². The summed E-state index contributed by atoms with van der Waals surface area (Å²) < 4.78 is 6.80. The Morgan fingerprint density at radius 3 is 2.63 bits per heavy atom. The minimum Gasteiger partial charge on any atom is -0.481 e. The number of aromatic nitrogens is 5. The summed E-state index contributed by atoms with van der Waals surface area (Å²) >= 11 is 0. The third-order valence-corrected chi connectivity index (χ3v) is 5.53. The number of hydrogen-bond donors (Lipinski definition) is 2. The molecule has 5 heterocycles. The molecule has 2 N–H and O–H groups in total. The Bertz CT molecular complexity index is 1350. The van der Waals surface area contributed by atoms with Gasteiger partial charge in [0.2, 0.25) is 5.88 Å². The Kier molecular flexibility index (Phi) is 4.51. The number of hydrogen-bond acceptors (Lipinski definition) is 7. The van der Waals surface area contributed by atoms with Gasteiger partial charge in [-0.15, -0.1) is 0 Å². The molecule has 1 aliphatic rings. The molecule has 4 aromatic rings. The monoisotopic (exact) mass is 404 g/mol. The molecule has 9 nitrogen and oxygen atoms in total. The zero-order chi connectivity index (χ0) is 20.7. The summed E-state index contributed by atoms with van der Waals surface area (Å²) in [6, 6.07) is 7.31. The molecule has 152 valence electrons. The van der Waals surface area contributed by atoms with E-state index in [1.54, 1.807) is 23.9 Å². The lowest BCUT2D eigenvalue weighted by molar-refractivity contribution is 0.365. The average Bonchev–Trinajstić information content (AvgIpc) is 2.79. The molecular formula is C21H20N6O3. The SMILES string of the molecule is COc1ccc(-c2ccc3ncc4c(=O)[nH]c(=O)n(C5CCNCC5)c4c3n2)cn1. The Labute approximate surface area is 170 Å². The molecule has 5 rings (SSSR count). The van der Waals surface area contributed by atoms with Crippen LogP contribution in [0.5, 0.6) is 5.88 Å². The maximum Gasteiger partial charge on any atom is 0.329 e. The highest BCUT2D eigenvalue weighted by molar-refractivity contribution is 6.01. The molecule has 0 bridgehead atoms. The van der Waals surface area contributed by atoms with E-state index in [1.165, 1.54) is 6.20 Å². The lowest BCUT2D eigenvalue weighted by Crippen LogP contribution is -2.38. The van der Waals surface area contributed by atoms with Crippen molar-refractivity contribution < 1.29 is 4.74 Å².